The van der Waals surface area contributed by atoms with E-state index in [-0.39, 0.29) is 5.91 Å². The van der Waals surface area contributed by atoms with E-state index >= 15 is 0 Å². The molecule has 2 aromatic carbocycles. The summed E-state index contributed by atoms with van der Waals surface area (Å²) in [6.07, 6.45) is 1.73. The topological polar surface area (TPSA) is 105 Å². The molecule has 160 valence electrons. The minimum Gasteiger partial charge on any atom is -0.397 e. The van der Waals surface area contributed by atoms with Crippen LogP contribution < -0.4 is 16.4 Å². The van der Waals surface area contributed by atoms with Crippen LogP contribution in [-0.2, 0) is 4.74 Å². The summed E-state index contributed by atoms with van der Waals surface area (Å²) >= 11 is 0. The van der Waals surface area contributed by atoms with E-state index in [2.05, 4.69) is 25.5 Å². The molecule has 4 rings (SSSR count). The van der Waals surface area contributed by atoms with Gasteiger partial charge in [-0.3, -0.25) is 9.69 Å². The van der Waals surface area contributed by atoms with Gasteiger partial charge in [0.2, 0.25) is 5.95 Å². The van der Waals surface area contributed by atoms with Crippen LogP contribution in [0.1, 0.15) is 10.4 Å². The number of amides is 1. The van der Waals surface area contributed by atoms with E-state index < -0.39 is 0 Å². The quantitative estimate of drug-likeness (QED) is 0.507. The number of hydrogen-bond donors (Lipinski definition) is 3. The van der Waals surface area contributed by atoms with Crippen LogP contribution >= 0.6 is 0 Å². The number of morpholine rings is 1. The van der Waals surface area contributed by atoms with Gasteiger partial charge >= 0.3 is 0 Å². The number of aromatic nitrogens is 2. The Morgan fingerprint density at radius 1 is 1.06 bits per heavy atom. The molecule has 8 nitrogen and oxygen atoms in total. The lowest BCUT2D eigenvalue weighted by atomic mass is 10.1. The molecule has 3 aromatic rings. The van der Waals surface area contributed by atoms with E-state index in [1.54, 1.807) is 30.5 Å². The molecule has 0 aliphatic carbocycles. The predicted octanol–water partition coefficient (Wildman–Crippen LogP) is 2.72. The Morgan fingerprint density at radius 2 is 1.84 bits per heavy atom. The molecule has 1 aliphatic heterocycles. The van der Waals surface area contributed by atoms with Crippen LogP contribution in [0.2, 0.25) is 0 Å². The Bertz CT molecular complexity index is 1020. The maximum absolute atomic E-state index is 12.5. The number of rotatable bonds is 7. The summed E-state index contributed by atoms with van der Waals surface area (Å²) in [4.78, 5) is 23.8. The third-order valence-electron chi connectivity index (χ3n) is 5.12. The van der Waals surface area contributed by atoms with Crippen LogP contribution in [0, 0.1) is 0 Å². The zero-order chi connectivity index (χ0) is 21.5. The number of para-hydroxylation sites is 2. The van der Waals surface area contributed by atoms with Crippen LogP contribution in [0.15, 0.2) is 60.8 Å². The fraction of sp³-hybridized carbons (Fsp3) is 0.261. The summed E-state index contributed by atoms with van der Waals surface area (Å²) in [5, 5.41) is 6.12. The van der Waals surface area contributed by atoms with E-state index in [0.717, 1.165) is 50.7 Å². The number of nitrogens with one attached hydrogen (secondary N) is 2. The lowest BCUT2D eigenvalue weighted by molar-refractivity contribution is 0.0398. The standard InChI is InChI=1S/C23H26N6O2/c24-19-3-1-2-4-21(19)27-22(30)18-7-5-17(6-8-18)20-9-10-25-23(28-20)26-11-12-29-13-15-31-16-14-29/h1-10H,11-16,24H2,(H,27,30)(H,25,26,28). The zero-order valence-electron chi connectivity index (χ0n) is 17.3. The number of benzene rings is 2. The first-order valence-electron chi connectivity index (χ1n) is 10.3. The Balaban J connectivity index is 1.36. The zero-order valence-corrected chi connectivity index (χ0v) is 17.3. The molecular formula is C23H26N6O2. The molecule has 4 N–H and O–H groups in total. The van der Waals surface area contributed by atoms with Crippen LogP contribution in [-0.4, -0.2) is 60.2 Å². The number of carbonyl (C=O) groups excluding carboxylic acids is 1. The van der Waals surface area contributed by atoms with Crippen molar-refractivity contribution in [3.8, 4) is 11.3 Å². The van der Waals surface area contributed by atoms with Gasteiger partial charge in [-0.25, -0.2) is 9.97 Å². The third-order valence-corrected chi connectivity index (χ3v) is 5.12. The SMILES string of the molecule is Nc1ccccc1NC(=O)c1ccc(-c2ccnc(NCCN3CCOCC3)n2)cc1. The van der Waals surface area contributed by atoms with Gasteiger partial charge in [0.25, 0.3) is 5.91 Å². The van der Waals surface area contributed by atoms with Gasteiger partial charge in [-0.1, -0.05) is 24.3 Å². The Morgan fingerprint density at radius 3 is 2.61 bits per heavy atom. The average molecular weight is 419 g/mol. The van der Waals surface area contributed by atoms with Gasteiger partial charge in [0.05, 0.1) is 30.3 Å². The third kappa shape index (κ3) is 5.56. The van der Waals surface area contributed by atoms with Crippen molar-refractivity contribution in [2.75, 3.05) is 55.8 Å². The van der Waals surface area contributed by atoms with Crippen LogP contribution in [0.5, 0.6) is 0 Å². The van der Waals surface area contributed by atoms with E-state index in [1.165, 1.54) is 0 Å². The molecule has 1 aliphatic rings. The second kappa shape index (κ2) is 10.0. The lowest BCUT2D eigenvalue weighted by Crippen LogP contribution is -2.39. The van der Waals surface area contributed by atoms with Crippen LogP contribution in [0.3, 0.4) is 0 Å². The van der Waals surface area contributed by atoms with Gasteiger partial charge < -0.3 is 21.1 Å². The van der Waals surface area contributed by atoms with Crippen LogP contribution in [0.25, 0.3) is 11.3 Å². The average Bonchev–Trinajstić information content (AvgIpc) is 2.81. The summed E-state index contributed by atoms with van der Waals surface area (Å²) in [6.45, 7) is 5.19. The molecule has 0 spiro atoms. The maximum atomic E-state index is 12.5. The summed E-state index contributed by atoms with van der Waals surface area (Å²) in [5.41, 5.74) is 9.27. The first kappa shape index (κ1) is 20.8. The second-order valence-corrected chi connectivity index (χ2v) is 7.27. The lowest BCUT2D eigenvalue weighted by Gasteiger charge is -2.26. The van der Waals surface area contributed by atoms with Gasteiger partial charge in [0, 0.05) is 43.5 Å². The van der Waals surface area contributed by atoms with Crippen molar-refractivity contribution < 1.29 is 9.53 Å². The highest BCUT2D eigenvalue weighted by molar-refractivity contribution is 6.05. The fourth-order valence-electron chi connectivity index (χ4n) is 3.35. The molecule has 1 amide bonds. The number of nitrogens with two attached hydrogens (primary N) is 1. The molecule has 0 radical (unpaired) electrons. The van der Waals surface area contributed by atoms with Crippen molar-refractivity contribution >= 4 is 23.2 Å². The van der Waals surface area contributed by atoms with Crippen molar-refractivity contribution in [2.45, 2.75) is 0 Å². The molecule has 0 atom stereocenters. The molecule has 0 saturated carbocycles. The van der Waals surface area contributed by atoms with Crippen molar-refractivity contribution in [2.24, 2.45) is 0 Å². The van der Waals surface area contributed by atoms with Gasteiger partial charge in [-0.2, -0.15) is 0 Å². The van der Waals surface area contributed by atoms with E-state index in [9.17, 15) is 4.79 Å². The number of nitrogen functional groups attached to an aromatic ring is 1. The smallest absolute Gasteiger partial charge is 0.255 e. The van der Waals surface area contributed by atoms with Crippen molar-refractivity contribution in [3.05, 3.63) is 66.4 Å². The summed E-state index contributed by atoms with van der Waals surface area (Å²) in [5.74, 6) is 0.379. The monoisotopic (exact) mass is 418 g/mol. The Kier molecular flexibility index (Phi) is 6.71. The Labute approximate surface area is 181 Å². The Hall–Kier alpha value is -3.49. The summed E-state index contributed by atoms with van der Waals surface area (Å²) in [7, 11) is 0. The molecule has 8 heteroatoms. The van der Waals surface area contributed by atoms with Crippen LogP contribution in [0.4, 0.5) is 17.3 Å². The highest BCUT2D eigenvalue weighted by Crippen LogP contribution is 2.21. The minimum absolute atomic E-state index is 0.211. The maximum Gasteiger partial charge on any atom is 0.255 e. The van der Waals surface area contributed by atoms with E-state index in [4.69, 9.17) is 10.5 Å². The predicted molar refractivity (Wildman–Crippen MR) is 122 cm³/mol. The molecule has 1 fully saturated rings. The highest BCUT2D eigenvalue weighted by Gasteiger charge is 2.11. The number of nitrogens with zero attached hydrogens (tertiary/aromatic N) is 3. The molecule has 31 heavy (non-hydrogen) atoms. The molecule has 2 heterocycles. The van der Waals surface area contributed by atoms with Gasteiger partial charge in [-0.05, 0) is 30.3 Å². The molecule has 1 aromatic heterocycles. The fourth-order valence-corrected chi connectivity index (χ4v) is 3.35. The van der Waals surface area contributed by atoms with Crippen molar-refractivity contribution in [1.82, 2.24) is 14.9 Å². The number of ether oxygens (including phenoxy) is 1. The van der Waals surface area contributed by atoms with E-state index in [1.807, 2.05) is 30.3 Å². The first-order chi connectivity index (χ1) is 15.2. The van der Waals surface area contributed by atoms with Gasteiger partial charge in [-0.15, -0.1) is 0 Å². The normalized spacial score (nSPS) is 14.2. The minimum atomic E-state index is -0.211. The van der Waals surface area contributed by atoms with Crippen molar-refractivity contribution in [3.63, 3.8) is 0 Å². The summed E-state index contributed by atoms with van der Waals surface area (Å²) in [6, 6.07) is 16.3. The van der Waals surface area contributed by atoms with Crippen molar-refractivity contribution in [1.29, 1.82) is 0 Å². The second-order valence-electron chi connectivity index (χ2n) is 7.27. The highest BCUT2D eigenvalue weighted by atomic mass is 16.5. The molecule has 1 saturated heterocycles. The molecule has 0 bridgehead atoms. The molecular weight excluding hydrogens is 392 g/mol. The largest absolute Gasteiger partial charge is 0.397 e. The molecule has 0 unspecified atom stereocenters. The van der Waals surface area contributed by atoms with Gasteiger partial charge in [0.1, 0.15) is 0 Å². The first-order valence-corrected chi connectivity index (χ1v) is 10.3. The van der Waals surface area contributed by atoms with Gasteiger partial charge in [0.15, 0.2) is 0 Å². The van der Waals surface area contributed by atoms with E-state index in [0.29, 0.717) is 22.9 Å². The number of anilines is 3. The summed E-state index contributed by atoms with van der Waals surface area (Å²) < 4.78 is 5.37. The number of carbonyl (C=O) groups is 1. The number of hydrogen-bond acceptors (Lipinski definition) is 7.